The molecular formula is C13H23N3O2. The average molecular weight is 253 g/mol. The van der Waals surface area contributed by atoms with Gasteiger partial charge in [-0.3, -0.25) is 14.4 Å². The third-order valence-corrected chi connectivity index (χ3v) is 3.04. The molecule has 0 fully saturated rings. The number of hydrogen-bond donors (Lipinski definition) is 1. The molecule has 5 nitrogen and oxygen atoms in total. The Morgan fingerprint density at radius 1 is 1.56 bits per heavy atom. The first-order chi connectivity index (χ1) is 8.43. The van der Waals surface area contributed by atoms with Gasteiger partial charge in [0.1, 0.15) is 0 Å². The highest BCUT2D eigenvalue weighted by Gasteiger charge is 2.15. The highest BCUT2D eigenvalue weighted by molar-refractivity contribution is 5.66. The second kappa shape index (κ2) is 6.54. The summed E-state index contributed by atoms with van der Waals surface area (Å²) in [4.78, 5) is 12.8. The average Bonchev–Trinajstić information content (AvgIpc) is 2.64. The molecule has 0 amide bonds. The van der Waals surface area contributed by atoms with Gasteiger partial charge < -0.3 is 5.11 Å². The van der Waals surface area contributed by atoms with Crippen LogP contribution in [-0.2, 0) is 24.8 Å². The van der Waals surface area contributed by atoms with Crippen molar-refractivity contribution in [2.24, 2.45) is 7.05 Å². The maximum absolute atomic E-state index is 10.7. The summed E-state index contributed by atoms with van der Waals surface area (Å²) in [5.74, 6) is -0.748. The van der Waals surface area contributed by atoms with Gasteiger partial charge in [-0.05, 0) is 20.3 Å². The van der Waals surface area contributed by atoms with Gasteiger partial charge in [0.25, 0.3) is 0 Å². The highest BCUT2D eigenvalue weighted by atomic mass is 16.4. The molecule has 1 aromatic rings. The summed E-state index contributed by atoms with van der Waals surface area (Å²) in [6.45, 7) is 7.60. The Morgan fingerprint density at radius 2 is 2.22 bits per heavy atom. The van der Waals surface area contributed by atoms with Crippen LogP contribution in [-0.4, -0.2) is 38.3 Å². The van der Waals surface area contributed by atoms with Gasteiger partial charge in [0, 0.05) is 37.9 Å². The van der Waals surface area contributed by atoms with E-state index in [-0.39, 0.29) is 6.42 Å². The molecular weight excluding hydrogens is 230 g/mol. The maximum Gasteiger partial charge on any atom is 0.304 e. The summed E-state index contributed by atoms with van der Waals surface area (Å²) in [5, 5.41) is 13.2. The minimum absolute atomic E-state index is 0.180. The molecule has 0 bridgehead atoms. The van der Waals surface area contributed by atoms with Gasteiger partial charge in [0.15, 0.2) is 0 Å². The lowest BCUT2D eigenvalue weighted by atomic mass is 10.1. The molecule has 0 aliphatic carbocycles. The minimum atomic E-state index is -0.748. The quantitative estimate of drug-likeness (QED) is 0.803. The first kappa shape index (κ1) is 14.7. The summed E-state index contributed by atoms with van der Waals surface area (Å²) in [6.07, 6.45) is 3.11. The van der Waals surface area contributed by atoms with Crippen molar-refractivity contribution >= 4 is 5.97 Å². The summed E-state index contributed by atoms with van der Waals surface area (Å²) < 4.78 is 1.82. The smallest absolute Gasteiger partial charge is 0.304 e. The van der Waals surface area contributed by atoms with Crippen LogP contribution in [0.15, 0.2) is 6.20 Å². The van der Waals surface area contributed by atoms with E-state index >= 15 is 0 Å². The zero-order valence-electron chi connectivity index (χ0n) is 11.7. The normalized spacial score (nSPS) is 11.4. The second-order valence-electron chi connectivity index (χ2n) is 4.84. The number of carbonyl (C=O) groups is 1. The maximum atomic E-state index is 10.7. The standard InChI is InChI=1S/C13H23N3O2/c1-5-12-11(8-15(4)14-12)9-16(10(2)3)7-6-13(17)18/h8,10H,5-7,9H2,1-4H3,(H,17,18). The molecule has 0 saturated heterocycles. The minimum Gasteiger partial charge on any atom is -0.481 e. The van der Waals surface area contributed by atoms with E-state index in [2.05, 4.69) is 30.8 Å². The molecule has 0 atom stereocenters. The molecule has 5 heteroatoms. The van der Waals surface area contributed by atoms with Gasteiger partial charge in [-0.25, -0.2) is 0 Å². The third kappa shape index (κ3) is 4.14. The lowest BCUT2D eigenvalue weighted by molar-refractivity contribution is -0.137. The number of aliphatic carboxylic acids is 1. The molecule has 1 rings (SSSR count). The first-order valence-electron chi connectivity index (χ1n) is 6.41. The first-order valence-corrected chi connectivity index (χ1v) is 6.41. The van der Waals surface area contributed by atoms with E-state index in [0.717, 1.165) is 18.7 Å². The van der Waals surface area contributed by atoms with E-state index in [1.807, 2.05) is 17.9 Å². The number of rotatable bonds is 7. The predicted molar refractivity (Wildman–Crippen MR) is 70.4 cm³/mol. The van der Waals surface area contributed by atoms with E-state index in [9.17, 15) is 4.79 Å². The SMILES string of the molecule is CCc1nn(C)cc1CN(CCC(=O)O)C(C)C. The van der Waals surface area contributed by atoms with Gasteiger partial charge in [-0.1, -0.05) is 6.92 Å². The largest absolute Gasteiger partial charge is 0.481 e. The van der Waals surface area contributed by atoms with Gasteiger partial charge in [-0.2, -0.15) is 5.10 Å². The van der Waals surface area contributed by atoms with Crippen molar-refractivity contribution in [2.75, 3.05) is 6.54 Å². The van der Waals surface area contributed by atoms with Crippen LogP contribution in [0.3, 0.4) is 0 Å². The number of carboxylic acids is 1. The Morgan fingerprint density at radius 3 is 2.72 bits per heavy atom. The molecule has 0 aliphatic rings. The van der Waals surface area contributed by atoms with Gasteiger partial charge in [0.2, 0.25) is 0 Å². The zero-order chi connectivity index (χ0) is 13.7. The van der Waals surface area contributed by atoms with Crippen molar-refractivity contribution < 1.29 is 9.90 Å². The van der Waals surface area contributed by atoms with E-state index in [4.69, 9.17) is 5.11 Å². The Hall–Kier alpha value is -1.36. The van der Waals surface area contributed by atoms with Gasteiger partial charge >= 0.3 is 5.97 Å². The van der Waals surface area contributed by atoms with E-state index in [1.165, 1.54) is 5.56 Å². The van der Waals surface area contributed by atoms with E-state index in [1.54, 1.807) is 0 Å². The van der Waals surface area contributed by atoms with Crippen LogP contribution in [0, 0.1) is 0 Å². The molecule has 0 aromatic carbocycles. The van der Waals surface area contributed by atoms with Crippen LogP contribution < -0.4 is 0 Å². The lowest BCUT2D eigenvalue weighted by Crippen LogP contribution is -2.32. The Balaban J connectivity index is 2.73. The fourth-order valence-corrected chi connectivity index (χ4v) is 1.99. The predicted octanol–water partition coefficient (Wildman–Crippen LogP) is 1.67. The molecule has 1 N–H and O–H groups in total. The monoisotopic (exact) mass is 253 g/mol. The van der Waals surface area contributed by atoms with E-state index < -0.39 is 5.97 Å². The van der Waals surface area contributed by atoms with Crippen molar-refractivity contribution in [2.45, 2.75) is 46.2 Å². The number of carboxylic acid groups (broad SMARTS) is 1. The van der Waals surface area contributed by atoms with Crippen LogP contribution in [0.1, 0.15) is 38.4 Å². The molecule has 102 valence electrons. The number of nitrogens with zero attached hydrogens (tertiary/aromatic N) is 3. The number of hydrogen-bond acceptors (Lipinski definition) is 3. The van der Waals surface area contributed by atoms with Gasteiger partial charge in [-0.15, -0.1) is 0 Å². The molecule has 0 unspecified atom stereocenters. The summed E-state index contributed by atoms with van der Waals surface area (Å²) in [6, 6.07) is 0.328. The molecule has 0 saturated carbocycles. The van der Waals surface area contributed by atoms with Crippen LogP contribution in [0.4, 0.5) is 0 Å². The lowest BCUT2D eigenvalue weighted by Gasteiger charge is -2.25. The Kier molecular flexibility index (Phi) is 5.34. The topological polar surface area (TPSA) is 58.4 Å². The molecule has 0 radical (unpaired) electrons. The number of aryl methyl sites for hydroxylation is 2. The molecule has 0 spiro atoms. The van der Waals surface area contributed by atoms with Crippen molar-refractivity contribution in [3.63, 3.8) is 0 Å². The molecule has 18 heavy (non-hydrogen) atoms. The third-order valence-electron chi connectivity index (χ3n) is 3.04. The summed E-state index contributed by atoms with van der Waals surface area (Å²) >= 11 is 0. The summed E-state index contributed by atoms with van der Waals surface area (Å²) in [5.41, 5.74) is 2.29. The molecule has 1 aromatic heterocycles. The van der Waals surface area contributed by atoms with Crippen molar-refractivity contribution in [3.8, 4) is 0 Å². The zero-order valence-corrected chi connectivity index (χ0v) is 11.7. The molecule has 1 heterocycles. The summed E-state index contributed by atoms with van der Waals surface area (Å²) in [7, 11) is 1.92. The highest BCUT2D eigenvalue weighted by Crippen LogP contribution is 2.13. The van der Waals surface area contributed by atoms with E-state index in [0.29, 0.717) is 12.6 Å². The Bertz CT molecular complexity index is 399. The Labute approximate surface area is 108 Å². The molecule has 0 aliphatic heterocycles. The fraction of sp³-hybridized carbons (Fsp3) is 0.692. The van der Waals surface area contributed by atoms with Crippen LogP contribution in [0.2, 0.25) is 0 Å². The number of aromatic nitrogens is 2. The van der Waals surface area contributed by atoms with Crippen molar-refractivity contribution in [1.82, 2.24) is 14.7 Å². The van der Waals surface area contributed by atoms with Crippen LogP contribution in [0.25, 0.3) is 0 Å². The van der Waals surface area contributed by atoms with Crippen LogP contribution in [0.5, 0.6) is 0 Å². The second-order valence-corrected chi connectivity index (χ2v) is 4.84. The van der Waals surface area contributed by atoms with Crippen molar-refractivity contribution in [3.05, 3.63) is 17.5 Å². The van der Waals surface area contributed by atoms with Gasteiger partial charge in [0.05, 0.1) is 12.1 Å². The fourth-order valence-electron chi connectivity index (χ4n) is 1.99. The van der Waals surface area contributed by atoms with Crippen LogP contribution >= 0.6 is 0 Å². The van der Waals surface area contributed by atoms with Crippen molar-refractivity contribution in [1.29, 1.82) is 0 Å².